The molecule has 0 aliphatic heterocycles. The number of hydrogen-bond acceptors (Lipinski definition) is 8. The molecule has 0 fully saturated rings. The summed E-state index contributed by atoms with van der Waals surface area (Å²) in [6.45, 7) is 1.63. The Morgan fingerprint density at radius 2 is 1.07 bits per heavy atom. The van der Waals surface area contributed by atoms with Gasteiger partial charge in [-0.25, -0.2) is 30.0 Å². The van der Waals surface area contributed by atoms with Crippen LogP contribution in [0.3, 0.4) is 0 Å². The maximum Gasteiger partial charge on any atom is 0.241 e. The van der Waals surface area contributed by atoms with Gasteiger partial charge >= 0.3 is 0 Å². The molecular weight excluding hydrogens is 575 g/mol. The Labute approximate surface area is 234 Å². The average molecular weight is 602 g/mol. The second kappa shape index (κ2) is 11.4. The molecule has 0 amide bonds. The molecule has 0 unspecified atom stereocenters. The van der Waals surface area contributed by atoms with Gasteiger partial charge in [0.1, 0.15) is 11.5 Å². The average Bonchev–Trinajstić information content (AvgIpc) is 2.97. The molecule has 0 radical (unpaired) electrons. The van der Waals surface area contributed by atoms with Crippen molar-refractivity contribution in [2.45, 2.75) is 37.4 Å². The lowest BCUT2D eigenvalue weighted by molar-refractivity contribution is 0.412. The van der Waals surface area contributed by atoms with Crippen molar-refractivity contribution in [2.24, 2.45) is 0 Å². The minimum absolute atomic E-state index is 0.103. The predicted octanol–water partition coefficient (Wildman–Crippen LogP) is 4.41. The molecule has 0 aliphatic rings. The van der Waals surface area contributed by atoms with Gasteiger partial charge in [-0.1, -0.05) is 30.3 Å². The summed E-state index contributed by atoms with van der Waals surface area (Å²) < 4.78 is 92.7. The highest BCUT2D eigenvalue weighted by molar-refractivity contribution is 7.94. The van der Waals surface area contributed by atoms with E-state index in [9.17, 15) is 25.3 Å². The fourth-order valence-corrected chi connectivity index (χ4v) is 8.54. The minimum atomic E-state index is -4.32. The topological polar surface area (TPSA) is 133 Å². The van der Waals surface area contributed by atoms with Gasteiger partial charge in [0.05, 0.1) is 38.7 Å². The van der Waals surface area contributed by atoms with Gasteiger partial charge in [0, 0.05) is 12.1 Å². The van der Waals surface area contributed by atoms with Crippen molar-refractivity contribution in [1.82, 2.24) is 4.72 Å². The largest absolute Gasteiger partial charge is 0.497 e. The first kappa shape index (κ1) is 29.3. The standard InChI is InChI=1S/C28H27NO8S3/c1-20(29-40(34,35)26-7-5-4-6-8-26)21-9-14-24(15-10-21)38(30,31)27-18-13-23(37-3)19-28(27)39(32,33)25-16-11-22(36-2)12-17-25/h4-20,29H,1-3H3/t20-/m0/s1. The third-order valence-corrected chi connectivity index (χ3v) is 11.5. The van der Waals surface area contributed by atoms with E-state index >= 15 is 0 Å². The molecule has 0 spiro atoms. The Morgan fingerprint density at radius 3 is 1.62 bits per heavy atom. The van der Waals surface area contributed by atoms with Gasteiger partial charge in [-0.05, 0) is 73.2 Å². The van der Waals surface area contributed by atoms with E-state index in [-0.39, 0.29) is 20.4 Å². The second-order valence-corrected chi connectivity index (χ2v) is 14.3. The van der Waals surface area contributed by atoms with Crippen LogP contribution in [-0.4, -0.2) is 39.5 Å². The number of sulfonamides is 1. The molecule has 0 aliphatic carbocycles. The quantitative estimate of drug-likeness (QED) is 0.283. The number of sulfone groups is 2. The summed E-state index contributed by atoms with van der Waals surface area (Å²) in [5, 5.41) is 0. The molecule has 12 heteroatoms. The van der Waals surface area contributed by atoms with Gasteiger partial charge in [-0.15, -0.1) is 0 Å². The van der Waals surface area contributed by atoms with Crippen molar-refractivity contribution >= 4 is 29.7 Å². The molecule has 0 bridgehead atoms. The Hall–Kier alpha value is -3.71. The summed E-state index contributed by atoms with van der Waals surface area (Å²) >= 11 is 0. The van der Waals surface area contributed by atoms with Crippen LogP contribution in [0.25, 0.3) is 0 Å². The van der Waals surface area contributed by atoms with Crippen molar-refractivity contribution in [3.8, 4) is 11.5 Å². The molecule has 0 heterocycles. The molecular formula is C28H27NO8S3. The smallest absolute Gasteiger partial charge is 0.241 e. The van der Waals surface area contributed by atoms with E-state index in [0.29, 0.717) is 11.3 Å². The zero-order chi connectivity index (χ0) is 29.1. The maximum atomic E-state index is 13.7. The molecule has 40 heavy (non-hydrogen) atoms. The van der Waals surface area contributed by atoms with Crippen LogP contribution in [0.5, 0.6) is 11.5 Å². The van der Waals surface area contributed by atoms with Gasteiger partial charge in [-0.3, -0.25) is 0 Å². The van der Waals surface area contributed by atoms with E-state index < -0.39 is 45.5 Å². The molecule has 210 valence electrons. The summed E-state index contributed by atoms with van der Waals surface area (Å²) in [6.07, 6.45) is 0. The number of nitrogens with one attached hydrogen (secondary N) is 1. The zero-order valence-corrected chi connectivity index (χ0v) is 24.3. The van der Waals surface area contributed by atoms with Crippen LogP contribution < -0.4 is 14.2 Å². The first-order chi connectivity index (χ1) is 18.9. The Balaban J connectivity index is 1.69. The van der Waals surface area contributed by atoms with E-state index in [1.54, 1.807) is 25.1 Å². The highest BCUT2D eigenvalue weighted by atomic mass is 32.2. The number of hydrogen-bond donors (Lipinski definition) is 1. The number of methoxy groups -OCH3 is 2. The highest BCUT2D eigenvalue weighted by Gasteiger charge is 2.30. The Morgan fingerprint density at radius 1 is 0.575 bits per heavy atom. The summed E-state index contributed by atoms with van der Waals surface area (Å²) in [4.78, 5) is -1.04. The van der Waals surface area contributed by atoms with Gasteiger partial charge in [0.15, 0.2) is 0 Å². The van der Waals surface area contributed by atoms with Crippen molar-refractivity contribution < 1.29 is 34.7 Å². The monoisotopic (exact) mass is 601 g/mol. The Kier molecular flexibility index (Phi) is 8.36. The first-order valence-corrected chi connectivity index (χ1v) is 16.3. The van der Waals surface area contributed by atoms with E-state index in [2.05, 4.69) is 4.72 Å². The van der Waals surface area contributed by atoms with Crippen LogP contribution >= 0.6 is 0 Å². The lowest BCUT2D eigenvalue weighted by Gasteiger charge is -2.16. The summed E-state index contributed by atoms with van der Waals surface area (Å²) in [5.41, 5.74) is 0.513. The van der Waals surface area contributed by atoms with Crippen molar-refractivity contribution in [2.75, 3.05) is 14.2 Å². The van der Waals surface area contributed by atoms with E-state index in [0.717, 1.165) is 0 Å². The molecule has 4 rings (SSSR count). The number of benzene rings is 4. The lowest BCUT2D eigenvalue weighted by atomic mass is 10.1. The SMILES string of the molecule is COc1ccc(S(=O)(=O)c2cc(OC)ccc2S(=O)(=O)c2ccc([C@H](C)NS(=O)(=O)c3ccccc3)cc2)cc1. The van der Waals surface area contributed by atoms with Crippen LogP contribution in [0.1, 0.15) is 18.5 Å². The first-order valence-electron chi connectivity index (χ1n) is 11.9. The number of rotatable bonds is 10. The molecule has 0 saturated carbocycles. The van der Waals surface area contributed by atoms with Crippen LogP contribution in [-0.2, 0) is 29.7 Å². The fraction of sp³-hybridized carbons (Fsp3) is 0.143. The van der Waals surface area contributed by atoms with E-state index in [1.165, 1.54) is 93.1 Å². The number of ether oxygens (including phenoxy) is 2. The molecule has 0 aromatic heterocycles. The molecule has 0 saturated heterocycles. The highest BCUT2D eigenvalue weighted by Crippen LogP contribution is 2.34. The normalized spacial score (nSPS) is 13.0. The van der Waals surface area contributed by atoms with Crippen LogP contribution in [0.15, 0.2) is 122 Å². The van der Waals surface area contributed by atoms with Crippen molar-refractivity contribution in [1.29, 1.82) is 0 Å². The predicted molar refractivity (Wildman–Crippen MR) is 149 cm³/mol. The molecule has 1 N–H and O–H groups in total. The fourth-order valence-electron chi connectivity index (χ4n) is 3.96. The second-order valence-electron chi connectivity index (χ2n) is 8.72. The van der Waals surface area contributed by atoms with Crippen LogP contribution in [0.4, 0.5) is 0 Å². The van der Waals surface area contributed by atoms with Gasteiger partial charge < -0.3 is 9.47 Å². The lowest BCUT2D eigenvalue weighted by Crippen LogP contribution is -2.26. The minimum Gasteiger partial charge on any atom is -0.497 e. The van der Waals surface area contributed by atoms with Crippen molar-refractivity contribution in [3.05, 3.63) is 103 Å². The van der Waals surface area contributed by atoms with Gasteiger partial charge in [0.25, 0.3) is 0 Å². The van der Waals surface area contributed by atoms with Crippen LogP contribution in [0.2, 0.25) is 0 Å². The third-order valence-electron chi connectivity index (χ3n) is 6.18. The van der Waals surface area contributed by atoms with E-state index in [1.807, 2.05) is 0 Å². The molecule has 4 aromatic rings. The summed E-state index contributed by atoms with van der Waals surface area (Å²) in [5.74, 6) is 0.610. The van der Waals surface area contributed by atoms with Gasteiger partial charge in [-0.2, -0.15) is 0 Å². The molecule has 1 atom stereocenters. The maximum absolute atomic E-state index is 13.7. The third kappa shape index (κ3) is 5.89. The molecule has 9 nitrogen and oxygen atoms in total. The van der Waals surface area contributed by atoms with Crippen molar-refractivity contribution in [3.63, 3.8) is 0 Å². The molecule has 4 aromatic carbocycles. The zero-order valence-electron chi connectivity index (χ0n) is 21.8. The van der Waals surface area contributed by atoms with Crippen LogP contribution in [0, 0.1) is 0 Å². The Bertz CT molecular complexity index is 1820. The summed E-state index contributed by atoms with van der Waals surface area (Å²) in [7, 11) is -9.61. The van der Waals surface area contributed by atoms with Gasteiger partial charge in [0.2, 0.25) is 29.7 Å². The summed E-state index contributed by atoms with van der Waals surface area (Å²) in [6, 6.07) is 22.1. The van der Waals surface area contributed by atoms with E-state index in [4.69, 9.17) is 9.47 Å².